The molecule has 4 heteroatoms. The van der Waals surface area contributed by atoms with Crippen LogP contribution in [-0.4, -0.2) is 4.98 Å². The molecule has 1 aromatic carbocycles. The smallest absolute Gasteiger partial charge is 0.123 e. The molecule has 0 amide bonds. The lowest BCUT2D eigenvalue weighted by Crippen LogP contribution is -1.80. The van der Waals surface area contributed by atoms with Crippen LogP contribution in [0.25, 0.3) is 21.6 Å². The lowest BCUT2D eigenvalue weighted by Gasteiger charge is -2.03. The number of rotatable bonds is 2. The third-order valence-electron chi connectivity index (χ3n) is 2.85. The van der Waals surface area contributed by atoms with Crippen molar-refractivity contribution < 1.29 is 4.39 Å². The number of anilines is 1. The van der Waals surface area contributed by atoms with E-state index in [1.54, 1.807) is 24.5 Å². The first-order chi connectivity index (χ1) is 9.24. The van der Waals surface area contributed by atoms with Gasteiger partial charge in [-0.15, -0.1) is 11.3 Å². The molecule has 3 rings (SSSR count). The number of thiophene rings is 1. The normalized spacial score (nSPS) is 10.6. The molecule has 0 saturated carbocycles. The number of benzene rings is 1. The zero-order valence-corrected chi connectivity index (χ0v) is 10.8. The number of hydrogen-bond donors (Lipinski definition) is 1. The van der Waals surface area contributed by atoms with Gasteiger partial charge in [-0.2, -0.15) is 0 Å². The Morgan fingerprint density at radius 3 is 2.32 bits per heavy atom. The summed E-state index contributed by atoms with van der Waals surface area (Å²) in [7, 11) is 0. The Hall–Kier alpha value is -2.20. The summed E-state index contributed by atoms with van der Waals surface area (Å²) in [6.07, 6.45) is 3.50. The summed E-state index contributed by atoms with van der Waals surface area (Å²) in [5.74, 6) is -0.237. The summed E-state index contributed by atoms with van der Waals surface area (Å²) in [4.78, 5) is 5.06. The Morgan fingerprint density at radius 2 is 1.63 bits per heavy atom. The van der Waals surface area contributed by atoms with Crippen LogP contribution in [-0.2, 0) is 0 Å². The van der Waals surface area contributed by atoms with Crippen LogP contribution in [0.15, 0.2) is 54.9 Å². The predicted octanol–water partition coefficient (Wildman–Crippen LogP) is 4.20. The Labute approximate surface area is 114 Å². The Morgan fingerprint density at radius 1 is 0.947 bits per heavy atom. The van der Waals surface area contributed by atoms with Crippen LogP contribution in [0.5, 0.6) is 0 Å². The van der Waals surface area contributed by atoms with Crippen molar-refractivity contribution in [2.45, 2.75) is 0 Å². The van der Waals surface area contributed by atoms with E-state index in [-0.39, 0.29) is 5.82 Å². The van der Waals surface area contributed by atoms with Gasteiger partial charge in [0.05, 0.1) is 5.00 Å². The summed E-state index contributed by atoms with van der Waals surface area (Å²) >= 11 is 1.50. The fraction of sp³-hybridized carbons (Fsp3) is 0. The fourth-order valence-electron chi connectivity index (χ4n) is 1.97. The molecular formula is C15H11FN2S. The third kappa shape index (κ3) is 2.35. The van der Waals surface area contributed by atoms with E-state index in [2.05, 4.69) is 4.98 Å². The highest BCUT2D eigenvalue weighted by Crippen LogP contribution is 2.40. The Balaban J connectivity index is 2.15. The Kier molecular flexibility index (Phi) is 3.01. The highest BCUT2D eigenvalue weighted by atomic mass is 32.1. The molecule has 0 atom stereocenters. The van der Waals surface area contributed by atoms with E-state index in [4.69, 9.17) is 5.73 Å². The van der Waals surface area contributed by atoms with Gasteiger partial charge in [-0.25, -0.2) is 4.39 Å². The van der Waals surface area contributed by atoms with Crippen LogP contribution >= 0.6 is 11.3 Å². The maximum Gasteiger partial charge on any atom is 0.123 e. The first-order valence-corrected chi connectivity index (χ1v) is 6.61. The van der Waals surface area contributed by atoms with E-state index >= 15 is 0 Å². The molecule has 0 radical (unpaired) electrons. The predicted molar refractivity (Wildman–Crippen MR) is 77.4 cm³/mol. The molecule has 0 spiro atoms. The number of nitrogens with two attached hydrogens (primary N) is 1. The molecule has 2 N–H and O–H groups in total. The van der Waals surface area contributed by atoms with Crippen molar-refractivity contribution in [1.82, 2.24) is 4.98 Å². The highest BCUT2D eigenvalue weighted by molar-refractivity contribution is 7.19. The van der Waals surface area contributed by atoms with E-state index in [0.29, 0.717) is 0 Å². The number of hydrogen-bond acceptors (Lipinski definition) is 3. The van der Waals surface area contributed by atoms with Crippen LogP contribution in [0.3, 0.4) is 0 Å². The van der Waals surface area contributed by atoms with Gasteiger partial charge in [0.2, 0.25) is 0 Å². The van der Waals surface area contributed by atoms with Crippen molar-refractivity contribution in [3.8, 4) is 21.6 Å². The van der Waals surface area contributed by atoms with Gasteiger partial charge in [-0.1, -0.05) is 12.1 Å². The molecule has 0 aliphatic carbocycles. The fourth-order valence-corrected chi connectivity index (χ4v) is 2.92. The molecule has 0 saturated heterocycles. The summed E-state index contributed by atoms with van der Waals surface area (Å²) in [5, 5.41) is 0.742. The molecule has 0 aliphatic heterocycles. The molecule has 3 aromatic rings. The molecule has 94 valence electrons. The maximum absolute atomic E-state index is 13.0. The molecule has 2 nitrogen and oxygen atoms in total. The minimum Gasteiger partial charge on any atom is -0.391 e. The monoisotopic (exact) mass is 270 g/mol. The van der Waals surface area contributed by atoms with Crippen molar-refractivity contribution in [3.05, 3.63) is 60.7 Å². The minimum atomic E-state index is -0.237. The van der Waals surface area contributed by atoms with E-state index in [1.165, 1.54) is 23.5 Å². The lowest BCUT2D eigenvalue weighted by molar-refractivity contribution is 0.628. The second kappa shape index (κ2) is 4.82. The average molecular weight is 270 g/mol. The average Bonchev–Trinajstić information content (AvgIpc) is 2.83. The second-order valence-corrected chi connectivity index (χ2v) is 5.22. The zero-order chi connectivity index (χ0) is 13.2. The minimum absolute atomic E-state index is 0.237. The van der Waals surface area contributed by atoms with Gasteiger partial charge in [-0.05, 0) is 41.5 Å². The number of pyridine rings is 1. The van der Waals surface area contributed by atoms with Gasteiger partial charge in [0.1, 0.15) is 5.82 Å². The number of nitrogens with zero attached hydrogens (tertiary/aromatic N) is 1. The second-order valence-electron chi connectivity index (χ2n) is 4.13. The molecule has 2 heterocycles. The Bertz CT molecular complexity index is 690. The van der Waals surface area contributed by atoms with Gasteiger partial charge >= 0.3 is 0 Å². The van der Waals surface area contributed by atoms with Crippen molar-refractivity contribution in [2.75, 3.05) is 5.73 Å². The number of halogens is 1. The molecule has 0 bridgehead atoms. The van der Waals surface area contributed by atoms with Crippen molar-refractivity contribution >= 4 is 16.3 Å². The van der Waals surface area contributed by atoms with Crippen LogP contribution < -0.4 is 5.73 Å². The summed E-state index contributed by atoms with van der Waals surface area (Å²) in [6.45, 7) is 0. The van der Waals surface area contributed by atoms with Crippen molar-refractivity contribution in [3.63, 3.8) is 0 Å². The van der Waals surface area contributed by atoms with Gasteiger partial charge in [-0.3, -0.25) is 4.98 Å². The molecule has 2 aromatic heterocycles. The third-order valence-corrected chi connectivity index (χ3v) is 3.86. The summed E-state index contributed by atoms with van der Waals surface area (Å²) in [6, 6.07) is 12.3. The molecule has 0 unspecified atom stereocenters. The van der Waals surface area contributed by atoms with E-state index in [9.17, 15) is 4.39 Å². The molecule has 0 aliphatic rings. The van der Waals surface area contributed by atoms with Crippen LogP contribution in [0.1, 0.15) is 0 Å². The highest BCUT2D eigenvalue weighted by Gasteiger charge is 2.11. The van der Waals surface area contributed by atoms with Crippen molar-refractivity contribution in [2.24, 2.45) is 0 Å². The molecule has 19 heavy (non-hydrogen) atoms. The quantitative estimate of drug-likeness (QED) is 0.758. The lowest BCUT2D eigenvalue weighted by atomic mass is 10.0. The first-order valence-electron chi connectivity index (χ1n) is 5.80. The van der Waals surface area contributed by atoms with Crippen LogP contribution in [0.4, 0.5) is 9.39 Å². The molecular weight excluding hydrogens is 259 g/mol. The van der Waals surface area contributed by atoms with Gasteiger partial charge in [0, 0.05) is 22.8 Å². The SMILES string of the molecule is Nc1cc(-c2ccncc2)c(-c2ccc(F)cc2)s1. The van der Waals surface area contributed by atoms with Crippen LogP contribution in [0, 0.1) is 5.82 Å². The topological polar surface area (TPSA) is 38.9 Å². The number of nitrogen functional groups attached to an aromatic ring is 1. The first kappa shape index (κ1) is 11.9. The molecule has 0 fully saturated rings. The number of aromatic nitrogens is 1. The summed E-state index contributed by atoms with van der Waals surface area (Å²) in [5.41, 5.74) is 8.99. The van der Waals surface area contributed by atoms with E-state index in [1.807, 2.05) is 18.2 Å². The largest absolute Gasteiger partial charge is 0.391 e. The maximum atomic E-state index is 13.0. The van der Waals surface area contributed by atoms with Gasteiger partial charge in [0.15, 0.2) is 0 Å². The van der Waals surface area contributed by atoms with E-state index < -0.39 is 0 Å². The van der Waals surface area contributed by atoms with E-state index in [0.717, 1.165) is 26.6 Å². The zero-order valence-electron chi connectivity index (χ0n) is 10.0. The van der Waals surface area contributed by atoms with Gasteiger partial charge < -0.3 is 5.73 Å². The van der Waals surface area contributed by atoms with Gasteiger partial charge in [0.25, 0.3) is 0 Å². The standard InChI is InChI=1S/C15H11FN2S/c16-12-3-1-11(2-4-12)15-13(9-14(17)19-15)10-5-7-18-8-6-10/h1-9H,17H2. The van der Waals surface area contributed by atoms with Crippen molar-refractivity contribution in [1.29, 1.82) is 0 Å². The summed E-state index contributed by atoms with van der Waals surface area (Å²) < 4.78 is 13.0. The van der Waals surface area contributed by atoms with Crippen LogP contribution in [0.2, 0.25) is 0 Å².